The van der Waals surface area contributed by atoms with Crippen LogP contribution in [0.4, 0.5) is 22.4 Å². The summed E-state index contributed by atoms with van der Waals surface area (Å²) in [6, 6.07) is -1.44. The van der Waals surface area contributed by atoms with Crippen LogP contribution in [0.1, 0.15) is 58.8 Å². The minimum atomic E-state index is -1.79. The van der Waals surface area contributed by atoms with Crippen molar-refractivity contribution in [3.63, 3.8) is 0 Å². The smallest absolute Gasteiger partial charge is 0.317 e. The van der Waals surface area contributed by atoms with Gasteiger partial charge in [-0.05, 0) is 31.6 Å². The van der Waals surface area contributed by atoms with Crippen molar-refractivity contribution in [3.8, 4) is 5.75 Å². The van der Waals surface area contributed by atoms with Gasteiger partial charge < -0.3 is 30.1 Å². The van der Waals surface area contributed by atoms with E-state index in [1.54, 1.807) is 4.90 Å². The minimum absolute atomic E-state index is 0.0164. The van der Waals surface area contributed by atoms with Crippen molar-refractivity contribution in [2.24, 2.45) is 11.8 Å². The Balaban J connectivity index is 1.66. The van der Waals surface area contributed by atoms with Crippen LogP contribution in [0.5, 0.6) is 5.75 Å². The number of hydrogen-bond donors (Lipinski definition) is 3. The Morgan fingerprint density at radius 1 is 1.02 bits per heavy atom. The molecule has 0 aromatic heterocycles. The van der Waals surface area contributed by atoms with Gasteiger partial charge in [-0.1, -0.05) is 26.7 Å². The number of aliphatic hydroxyl groups is 1. The Bertz CT molecular complexity index is 1030. The molecule has 224 valence electrons. The number of nitrogens with zero attached hydrogens (tertiary/aromatic N) is 1. The molecular weight excluding hydrogens is 538 g/mol. The number of piperidine rings is 1. The molecule has 1 heterocycles. The number of carbonyl (C=O) groups excluding carboxylic acids is 3. The Morgan fingerprint density at radius 3 is 2.30 bits per heavy atom. The fourth-order valence-electron chi connectivity index (χ4n) is 4.76. The SMILES string of the molecule is CC(C)COC(=O)C[C@H](NC(=O)[C@@H]1CCCN(C(=O)NC2CCCC2)C1)C(O)COc1c(F)c(F)cc(F)c1F. The first-order chi connectivity index (χ1) is 19.0. The summed E-state index contributed by atoms with van der Waals surface area (Å²) < 4.78 is 65.0. The minimum Gasteiger partial charge on any atom is -0.485 e. The van der Waals surface area contributed by atoms with Crippen LogP contribution in [-0.2, 0) is 14.3 Å². The van der Waals surface area contributed by atoms with Crippen molar-refractivity contribution in [2.75, 3.05) is 26.3 Å². The molecule has 3 atom stereocenters. The number of likely N-dealkylation sites (tertiary alicyclic amines) is 1. The van der Waals surface area contributed by atoms with Gasteiger partial charge in [0.1, 0.15) is 12.7 Å². The van der Waals surface area contributed by atoms with Gasteiger partial charge in [-0.3, -0.25) is 9.59 Å². The second kappa shape index (κ2) is 14.5. The fourth-order valence-corrected chi connectivity index (χ4v) is 4.76. The molecule has 1 aliphatic heterocycles. The van der Waals surface area contributed by atoms with Gasteiger partial charge in [-0.2, -0.15) is 8.78 Å². The van der Waals surface area contributed by atoms with E-state index in [2.05, 4.69) is 10.6 Å². The van der Waals surface area contributed by atoms with E-state index < -0.39 is 72.0 Å². The number of halogens is 4. The topological polar surface area (TPSA) is 117 Å². The Kier molecular flexibility index (Phi) is 11.4. The summed E-state index contributed by atoms with van der Waals surface area (Å²) in [5, 5.41) is 16.3. The van der Waals surface area contributed by atoms with Crippen LogP contribution in [-0.4, -0.2) is 72.4 Å². The van der Waals surface area contributed by atoms with E-state index >= 15 is 0 Å². The molecule has 1 aromatic carbocycles. The molecule has 2 fully saturated rings. The Morgan fingerprint density at radius 2 is 1.68 bits per heavy atom. The number of urea groups is 1. The van der Waals surface area contributed by atoms with Crippen LogP contribution in [0.25, 0.3) is 0 Å². The van der Waals surface area contributed by atoms with Crippen molar-refractivity contribution in [2.45, 2.75) is 77.0 Å². The van der Waals surface area contributed by atoms with Crippen molar-refractivity contribution >= 4 is 17.9 Å². The van der Waals surface area contributed by atoms with Crippen molar-refractivity contribution in [1.82, 2.24) is 15.5 Å². The lowest BCUT2D eigenvalue weighted by Crippen LogP contribution is -2.53. The van der Waals surface area contributed by atoms with Gasteiger partial charge in [0.15, 0.2) is 17.4 Å². The maximum Gasteiger partial charge on any atom is 0.317 e. The number of benzene rings is 1. The van der Waals surface area contributed by atoms with E-state index in [0.29, 0.717) is 19.4 Å². The van der Waals surface area contributed by atoms with E-state index in [4.69, 9.17) is 9.47 Å². The predicted octanol–water partition coefficient (Wildman–Crippen LogP) is 3.42. The monoisotopic (exact) mass is 575 g/mol. The molecule has 3 N–H and O–H groups in total. The third kappa shape index (κ3) is 8.70. The van der Waals surface area contributed by atoms with E-state index in [9.17, 15) is 37.1 Å². The molecule has 40 heavy (non-hydrogen) atoms. The lowest BCUT2D eigenvalue weighted by molar-refractivity contribution is -0.146. The van der Waals surface area contributed by atoms with Crippen LogP contribution in [0.15, 0.2) is 6.07 Å². The summed E-state index contributed by atoms with van der Waals surface area (Å²) in [7, 11) is 0. The molecule has 9 nitrogen and oxygen atoms in total. The molecule has 1 saturated carbocycles. The van der Waals surface area contributed by atoms with E-state index in [0.717, 1.165) is 25.7 Å². The highest BCUT2D eigenvalue weighted by molar-refractivity contribution is 5.82. The third-order valence-corrected chi connectivity index (χ3v) is 6.99. The number of aliphatic hydroxyl groups excluding tert-OH is 1. The molecule has 3 amide bonds. The number of nitrogens with one attached hydrogen (secondary N) is 2. The first-order valence-corrected chi connectivity index (χ1v) is 13.6. The zero-order valence-corrected chi connectivity index (χ0v) is 22.7. The quantitative estimate of drug-likeness (QED) is 0.212. The summed E-state index contributed by atoms with van der Waals surface area (Å²) in [6.45, 7) is 3.41. The van der Waals surface area contributed by atoms with Crippen molar-refractivity contribution in [1.29, 1.82) is 0 Å². The molecule has 3 rings (SSSR count). The zero-order chi connectivity index (χ0) is 29.4. The molecule has 2 aliphatic rings. The lowest BCUT2D eigenvalue weighted by atomic mass is 9.96. The average Bonchev–Trinajstić information content (AvgIpc) is 3.43. The standard InChI is InChI=1S/C27H37F4N3O6/c1-15(2)13-39-22(36)11-20(21(35)14-40-25-23(30)18(28)10-19(29)24(25)31)33-26(37)16-6-5-9-34(12-16)27(38)32-17-7-3-4-8-17/h10,15-17,20-21,35H,3-9,11-14H2,1-2H3,(H,32,38)(H,33,37)/t16-,20+,21?/m1/s1. The van der Waals surface area contributed by atoms with Gasteiger partial charge in [0.25, 0.3) is 0 Å². The first kappa shape index (κ1) is 31.4. The summed E-state index contributed by atoms with van der Waals surface area (Å²) in [4.78, 5) is 39.8. The molecule has 1 aromatic rings. The molecule has 1 unspecified atom stereocenters. The van der Waals surface area contributed by atoms with E-state index in [1.807, 2.05) is 13.8 Å². The van der Waals surface area contributed by atoms with E-state index in [1.165, 1.54) is 0 Å². The number of hydrogen-bond acceptors (Lipinski definition) is 6. The van der Waals surface area contributed by atoms with Gasteiger partial charge in [0.2, 0.25) is 17.5 Å². The number of esters is 1. The largest absolute Gasteiger partial charge is 0.485 e. The van der Waals surface area contributed by atoms with Crippen molar-refractivity contribution in [3.05, 3.63) is 29.3 Å². The van der Waals surface area contributed by atoms with Crippen molar-refractivity contribution < 1.29 is 46.5 Å². The number of rotatable bonds is 11. The summed E-state index contributed by atoms with van der Waals surface area (Å²) in [5.41, 5.74) is 0. The highest BCUT2D eigenvalue weighted by Gasteiger charge is 2.33. The highest BCUT2D eigenvalue weighted by Crippen LogP contribution is 2.27. The molecule has 1 saturated heterocycles. The maximum atomic E-state index is 14.0. The van der Waals surface area contributed by atoms with Gasteiger partial charge >= 0.3 is 12.0 Å². The van der Waals surface area contributed by atoms with Crippen LogP contribution >= 0.6 is 0 Å². The van der Waals surface area contributed by atoms with Gasteiger partial charge in [0, 0.05) is 25.2 Å². The van der Waals surface area contributed by atoms with Crippen LogP contribution < -0.4 is 15.4 Å². The summed E-state index contributed by atoms with van der Waals surface area (Å²) >= 11 is 0. The molecule has 1 aliphatic carbocycles. The summed E-state index contributed by atoms with van der Waals surface area (Å²) in [6.07, 6.45) is 2.71. The van der Waals surface area contributed by atoms with E-state index in [-0.39, 0.29) is 37.2 Å². The second-order valence-electron chi connectivity index (χ2n) is 10.8. The van der Waals surface area contributed by atoms with Crippen LogP contribution in [0.2, 0.25) is 0 Å². The molecule has 13 heteroatoms. The molecule has 0 bridgehead atoms. The van der Waals surface area contributed by atoms with Gasteiger partial charge in [0.05, 0.1) is 25.0 Å². The number of carbonyl (C=O) groups is 3. The van der Waals surface area contributed by atoms with Crippen LogP contribution in [0.3, 0.4) is 0 Å². The maximum absolute atomic E-state index is 14.0. The average molecular weight is 576 g/mol. The van der Waals surface area contributed by atoms with Gasteiger partial charge in [-0.25, -0.2) is 13.6 Å². The number of amides is 3. The molecule has 0 spiro atoms. The Hall–Kier alpha value is -3.09. The second-order valence-corrected chi connectivity index (χ2v) is 10.8. The number of ether oxygens (including phenoxy) is 2. The summed E-state index contributed by atoms with van der Waals surface area (Å²) in [5.74, 6) is -10.3. The Labute approximate surface area is 230 Å². The zero-order valence-electron chi connectivity index (χ0n) is 22.7. The fraction of sp³-hybridized carbons (Fsp3) is 0.667. The lowest BCUT2D eigenvalue weighted by Gasteiger charge is -2.34. The molecule has 0 radical (unpaired) electrons. The predicted molar refractivity (Wildman–Crippen MR) is 135 cm³/mol. The van der Waals surface area contributed by atoms with Gasteiger partial charge in [-0.15, -0.1) is 0 Å². The first-order valence-electron chi connectivity index (χ1n) is 13.6. The van der Waals surface area contributed by atoms with Crippen LogP contribution in [0, 0.1) is 35.1 Å². The molecular formula is C27H37F4N3O6. The highest BCUT2D eigenvalue weighted by atomic mass is 19.2. The normalized spacial score (nSPS) is 19.3. The third-order valence-electron chi connectivity index (χ3n) is 6.99.